The zero-order valence-corrected chi connectivity index (χ0v) is 13.8. The summed E-state index contributed by atoms with van der Waals surface area (Å²) in [5, 5.41) is 10.4. The molecule has 0 aromatic rings. The van der Waals surface area contributed by atoms with Crippen LogP contribution in [0.15, 0.2) is 11.6 Å². The first kappa shape index (κ1) is 15.5. The van der Waals surface area contributed by atoms with E-state index < -0.39 is 23.2 Å². The lowest BCUT2D eigenvalue weighted by molar-refractivity contribution is -0.144. The highest BCUT2D eigenvalue weighted by Gasteiger charge is 2.62. The van der Waals surface area contributed by atoms with Gasteiger partial charge in [-0.05, 0) is 47.0 Å². The molecule has 1 N–H and O–H groups in total. The first-order valence-corrected chi connectivity index (χ1v) is 8.08. The van der Waals surface area contributed by atoms with E-state index in [2.05, 4.69) is 0 Å². The normalized spacial score (nSPS) is 37.7. The van der Waals surface area contributed by atoms with Gasteiger partial charge in [-0.2, -0.15) is 0 Å². The van der Waals surface area contributed by atoms with Gasteiger partial charge >= 0.3 is 6.09 Å². The van der Waals surface area contributed by atoms with Gasteiger partial charge in [-0.15, -0.1) is 0 Å². The molecule has 122 valence electrons. The monoisotopic (exact) mass is 307 g/mol. The van der Waals surface area contributed by atoms with E-state index in [9.17, 15) is 14.7 Å². The lowest BCUT2D eigenvalue weighted by Gasteiger charge is -2.52. The summed E-state index contributed by atoms with van der Waals surface area (Å²) < 4.78 is 5.58. The number of ether oxygens (including phenoxy) is 1. The van der Waals surface area contributed by atoms with Crippen molar-refractivity contribution in [3.8, 4) is 0 Å². The van der Waals surface area contributed by atoms with Gasteiger partial charge in [0.25, 0.3) is 0 Å². The Bertz CT molecular complexity index is 547. The molecule has 0 radical (unpaired) electrons. The number of aliphatic hydroxyl groups is 1. The molecule has 22 heavy (non-hydrogen) atoms. The van der Waals surface area contributed by atoms with Gasteiger partial charge in [-0.1, -0.05) is 11.6 Å². The number of hydrogen-bond donors (Lipinski definition) is 1. The predicted octanol–water partition coefficient (Wildman–Crippen LogP) is 2.42. The summed E-state index contributed by atoms with van der Waals surface area (Å²) in [6.45, 7) is 7.49. The van der Waals surface area contributed by atoms with Gasteiger partial charge in [-0.3, -0.25) is 9.69 Å². The van der Waals surface area contributed by atoms with Gasteiger partial charge in [0.2, 0.25) is 0 Å². The Labute approximate surface area is 131 Å². The van der Waals surface area contributed by atoms with Gasteiger partial charge in [-0.25, -0.2) is 4.79 Å². The lowest BCUT2D eigenvalue weighted by Crippen LogP contribution is -2.66. The van der Waals surface area contributed by atoms with Crippen LogP contribution >= 0.6 is 0 Å². The Morgan fingerprint density at radius 3 is 2.77 bits per heavy atom. The summed E-state index contributed by atoms with van der Waals surface area (Å²) in [5.41, 5.74) is -0.231. The highest BCUT2D eigenvalue weighted by atomic mass is 16.6. The Morgan fingerprint density at radius 1 is 1.45 bits per heavy atom. The van der Waals surface area contributed by atoms with Crippen molar-refractivity contribution in [3.63, 3.8) is 0 Å². The fraction of sp³-hybridized carbons (Fsp3) is 0.765. The Balaban J connectivity index is 2.01. The minimum Gasteiger partial charge on any atom is -0.444 e. The van der Waals surface area contributed by atoms with Crippen LogP contribution in [0.5, 0.6) is 0 Å². The number of nitrogens with zero attached hydrogens (tertiary/aromatic N) is 1. The highest BCUT2D eigenvalue weighted by Crippen LogP contribution is 2.51. The second-order valence-electron chi connectivity index (χ2n) is 7.85. The van der Waals surface area contributed by atoms with Crippen LogP contribution in [-0.4, -0.2) is 45.2 Å². The molecule has 0 unspecified atom stereocenters. The summed E-state index contributed by atoms with van der Waals surface area (Å²) in [6.07, 6.45) is 3.42. The maximum atomic E-state index is 12.8. The number of rotatable bonds is 0. The number of carbonyl (C=O) groups excluding carboxylic acids is 2. The third-order valence-corrected chi connectivity index (χ3v) is 5.10. The van der Waals surface area contributed by atoms with Crippen LogP contribution in [0.3, 0.4) is 0 Å². The van der Waals surface area contributed by atoms with Crippen LogP contribution < -0.4 is 0 Å². The maximum absolute atomic E-state index is 12.8. The van der Waals surface area contributed by atoms with Crippen molar-refractivity contribution in [2.24, 2.45) is 5.92 Å². The lowest BCUT2D eigenvalue weighted by atomic mass is 9.66. The van der Waals surface area contributed by atoms with E-state index in [0.717, 1.165) is 12.0 Å². The molecular formula is C17H25NO4. The van der Waals surface area contributed by atoms with Crippen molar-refractivity contribution in [3.05, 3.63) is 11.6 Å². The van der Waals surface area contributed by atoms with Crippen molar-refractivity contribution in [1.82, 2.24) is 4.90 Å². The molecule has 1 aliphatic carbocycles. The van der Waals surface area contributed by atoms with E-state index >= 15 is 0 Å². The average molecular weight is 307 g/mol. The zero-order chi connectivity index (χ0) is 16.3. The average Bonchev–Trinajstić information content (AvgIpc) is 2.53. The maximum Gasteiger partial charge on any atom is 0.411 e. The van der Waals surface area contributed by atoms with E-state index in [4.69, 9.17) is 4.74 Å². The molecule has 2 fully saturated rings. The molecule has 5 heteroatoms. The Hall–Kier alpha value is -1.36. The molecule has 0 aromatic carbocycles. The predicted molar refractivity (Wildman–Crippen MR) is 81.3 cm³/mol. The van der Waals surface area contributed by atoms with Crippen LogP contribution in [0.1, 0.15) is 53.4 Å². The van der Waals surface area contributed by atoms with Crippen molar-refractivity contribution in [1.29, 1.82) is 0 Å². The van der Waals surface area contributed by atoms with Crippen molar-refractivity contribution in [2.75, 3.05) is 0 Å². The number of fused-ring (bicyclic) bond motifs is 1. The summed E-state index contributed by atoms with van der Waals surface area (Å²) in [7, 11) is 0. The fourth-order valence-electron chi connectivity index (χ4n) is 4.41. The molecule has 2 heterocycles. The molecule has 3 aliphatic rings. The third-order valence-electron chi connectivity index (χ3n) is 5.10. The number of ketones is 1. The smallest absolute Gasteiger partial charge is 0.411 e. The third kappa shape index (κ3) is 2.18. The van der Waals surface area contributed by atoms with Crippen molar-refractivity contribution >= 4 is 11.9 Å². The van der Waals surface area contributed by atoms with Gasteiger partial charge in [0.15, 0.2) is 0 Å². The van der Waals surface area contributed by atoms with Crippen molar-refractivity contribution < 1.29 is 19.4 Å². The molecule has 2 bridgehead atoms. The number of amides is 1. The molecule has 0 aromatic heterocycles. The minimum absolute atomic E-state index is 0.0742. The topological polar surface area (TPSA) is 66.8 Å². The molecule has 1 saturated heterocycles. The largest absolute Gasteiger partial charge is 0.444 e. The Kier molecular flexibility index (Phi) is 3.40. The van der Waals surface area contributed by atoms with Crippen LogP contribution in [-0.2, 0) is 9.53 Å². The van der Waals surface area contributed by atoms with Gasteiger partial charge in [0, 0.05) is 6.42 Å². The molecular weight excluding hydrogens is 282 g/mol. The molecule has 4 atom stereocenters. The second kappa shape index (κ2) is 4.82. The van der Waals surface area contributed by atoms with Crippen LogP contribution in [0.2, 0.25) is 0 Å². The molecule has 1 amide bonds. The van der Waals surface area contributed by atoms with Crippen LogP contribution in [0, 0.1) is 5.92 Å². The van der Waals surface area contributed by atoms with Crippen LogP contribution in [0.25, 0.3) is 0 Å². The minimum atomic E-state index is -0.690. The van der Waals surface area contributed by atoms with E-state index in [1.165, 1.54) is 0 Å². The van der Waals surface area contributed by atoms with E-state index in [0.29, 0.717) is 12.8 Å². The first-order chi connectivity index (χ1) is 10.2. The van der Waals surface area contributed by atoms with E-state index in [-0.39, 0.29) is 24.3 Å². The van der Waals surface area contributed by atoms with E-state index in [1.807, 2.05) is 33.8 Å². The number of hydrogen-bond acceptors (Lipinski definition) is 4. The summed E-state index contributed by atoms with van der Waals surface area (Å²) >= 11 is 0. The second-order valence-corrected chi connectivity index (χ2v) is 7.85. The first-order valence-electron chi connectivity index (χ1n) is 8.08. The molecule has 1 saturated carbocycles. The van der Waals surface area contributed by atoms with E-state index in [1.54, 1.807) is 4.90 Å². The number of carbonyl (C=O) groups is 2. The molecule has 5 nitrogen and oxygen atoms in total. The summed E-state index contributed by atoms with van der Waals surface area (Å²) in [6, 6.07) is -0.219. The number of piperidine rings is 1. The van der Waals surface area contributed by atoms with Gasteiger partial charge in [0.1, 0.15) is 11.4 Å². The van der Waals surface area contributed by atoms with Crippen molar-refractivity contribution in [2.45, 2.75) is 76.7 Å². The van der Waals surface area contributed by atoms with Gasteiger partial charge in [0.05, 0.1) is 23.6 Å². The quantitative estimate of drug-likeness (QED) is 0.698. The highest BCUT2D eigenvalue weighted by molar-refractivity contribution is 5.89. The number of aliphatic hydroxyl groups excluding tert-OH is 1. The standard InChI is InChI=1S/C17H25NO4/c1-10-9-17-7-5-6-12(19)14(17)13(20)8-11(10)18(17)15(21)22-16(2,3)4/h9,11-12,14,19H,5-8H2,1-4H3/t11-,12-,14-,17-/m1/s1. The number of Topliss-reactive ketones (excluding diaryl/α,β-unsaturated/α-hetero) is 1. The molecule has 1 spiro atoms. The SMILES string of the molecule is CC1=C[C@]23CCC[C@@H](O)[C@@H]2C(=O)C[C@H]1N3C(=O)OC(C)(C)C. The molecule has 3 rings (SSSR count). The fourth-order valence-corrected chi connectivity index (χ4v) is 4.41. The Morgan fingerprint density at radius 2 is 2.14 bits per heavy atom. The van der Waals surface area contributed by atoms with Gasteiger partial charge < -0.3 is 9.84 Å². The summed E-state index contributed by atoms with van der Waals surface area (Å²) in [5.74, 6) is -0.437. The zero-order valence-electron chi connectivity index (χ0n) is 13.8. The van der Waals surface area contributed by atoms with Crippen LogP contribution in [0.4, 0.5) is 4.79 Å². The summed E-state index contributed by atoms with van der Waals surface area (Å²) in [4.78, 5) is 27.0. The molecule has 2 aliphatic heterocycles.